The number of carbonyl (C=O) groups is 9. The number of hydrogen-bond donors (Lipinski definition) is 6. The van der Waals surface area contributed by atoms with Gasteiger partial charge < -0.3 is 41.9 Å². The van der Waals surface area contributed by atoms with Gasteiger partial charge in [0.15, 0.2) is 0 Å². The molecule has 418 valence electrons. The summed E-state index contributed by atoms with van der Waals surface area (Å²) < 4.78 is 12.3. The molecule has 2 aliphatic heterocycles. The van der Waals surface area contributed by atoms with Crippen molar-refractivity contribution in [3.05, 3.63) is 107 Å². The van der Waals surface area contributed by atoms with Crippen molar-refractivity contribution in [1.29, 1.82) is 0 Å². The molecule has 0 unspecified atom stereocenters. The zero-order valence-electron chi connectivity index (χ0n) is 46.5. The van der Waals surface area contributed by atoms with E-state index in [1.807, 2.05) is 64.1 Å². The zero-order valence-corrected chi connectivity index (χ0v) is 47.5. The van der Waals surface area contributed by atoms with Crippen LogP contribution >= 0.6 is 0 Å². The molecule has 4 aromatic rings. The first-order valence-corrected chi connectivity index (χ1v) is 28.6. The molecule has 2 heterocycles. The van der Waals surface area contributed by atoms with Crippen molar-refractivity contribution < 1.29 is 52.3 Å². The highest BCUT2D eigenvalue weighted by atomic mass is 28.4. The lowest BCUT2D eigenvalue weighted by Gasteiger charge is -2.43. The zero-order chi connectivity index (χ0) is 57.4. The van der Waals surface area contributed by atoms with Gasteiger partial charge in [-0.25, -0.2) is 4.79 Å². The van der Waals surface area contributed by atoms with Crippen LogP contribution in [0, 0.1) is 11.8 Å². The van der Waals surface area contributed by atoms with E-state index in [1.54, 1.807) is 20.8 Å². The molecule has 78 heavy (non-hydrogen) atoms. The molecule has 0 spiro atoms. The van der Waals surface area contributed by atoms with Crippen molar-refractivity contribution in [2.24, 2.45) is 23.3 Å². The van der Waals surface area contributed by atoms with E-state index in [-0.39, 0.29) is 88.9 Å². The predicted octanol–water partition coefficient (Wildman–Crippen LogP) is 4.66. The maximum atomic E-state index is 14.3. The number of unbranched alkanes of at least 4 members (excludes halogenated alkanes) is 1. The number of carbonyl (C=O) groups excluding carboxylic acids is 9. The van der Waals surface area contributed by atoms with E-state index in [9.17, 15) is 43.2 Å². The van der Waals surface area contributed by atoms with Crippen LogP contribution in [0.1, 0.15) is 143 Å². The average Bonchev–Trinajstić information content (AvgIpc) is 3.48. The normalized spacial score (nSPS) is 15.2. The van der Waals surface area contributed by atoms with Gasteiger partial charge in [-0.15, -0.1) is 0 Å². The summed E-state index contributed by atoms with van der Waals surface area (Å²) in [6, 6.07) is 20.7. The maximum absolute atomic E-state index is 14.3. The van der Waals surface area contributed by atoms with Crippen LogP contribution in [0.2, 0.25) is 5.04 Å². The van der Waals surface area contributed by atoms with E-state index in [1.165, 1.54) is 24.3 Å². The maximum Gasteiger partial charge on any atom is 0.407 e. The fourth-order valence-electron chi connectivity index (χ4n) is 10.2. The van der Waals surface area contributed by atoms with E-state index < -0.39 is 98.0 Å². The first kappa shape index (κ1) is 59.9. The van der Waals surface area contributed by atoms with Crippen molar-refractivity contribution in [3.63, 3.8) is 0 Å². The summed E-state index contributed by atoms with van der Waals surface area (Å²) in [7, 11) is -3.02. The molecule has 0 bridgehead atoms. The quantitative estimate of drug-likeness (QED) is 0.0318. The molecule has 0 saturated heterocycles. The van der Waals surface area contributed by atoms with Crippen molar-refractivity contribution in [3.8, 4) is 0 Å². The second-order valence-corrected chi connectivity index (χ2v) is 27.2. The number of benzene rings is 4. The highest BCUT2D eigenvalue weighted by Crippen LogP contribution is 2.39. The molecule has 0 fully saturated rings. The van der Waals surface area contributed by atoms with E-state index in [0.29, 0.717) is 12.8 Å². The summed E-state index contributed by atoms with van der Waals surface area (Å²) in [5.41, 5.74) is 11.7. The summed E-state index contributed by atoms with van der Waals surface area (Å²) in [5, 5.41) is 12.7. The molecule has 0 radical (unpaired) electrons. The van der Waals surface area contributed by atoms with Gasteiger partial charge in [0.2, 0.25) is 23.6 Å². The predicted molar refractivity (Wildman–Crippen MR) is 298 cm³/mol. The van der Waals surface area contributed by atoms with Crippen molar-refractivity contribution in [1.82, 2.24) is 31.1 Å². The molecule has 8 N–H and O–H groups in total. The molecule has 4 aromatic carbocycles. The Bertz CT molecular complexity index is 2810. The summed E-state index contributed by atoms with van der Waals surface area (Å²) in [4.78, 5) is 126. The summed E-state index contributed by atoms with van der Waals surface area (Å²) in [6.45, 7) is 18.5. The van der Waals surface area contributed by atoms with Gasteiger partial charge in [0.1, 0.15) is 29.8 Å². The Balaban J connectivity index is 1.16. The summed E-state index contributed by atoms with van der Waals surface area (Å²) in [6.07, 6.45) is 0.556. The molecule has 19 nitrogen and oxygen atoms in total. The Labute approximate surface area is 457 Å². The minimum absolute atomic E-state index is 0.00696. The van der Waals surface area contributed by atoms with Crippen molar-refractivity contribution in [2.45, 2.75) is 136 Å². The van der Waals surface area contributed by atoms with Gasteiger partial charge >= 0.3 is 6.09 Å². The first-order valence-electron chi connectivity index (χ1n) is 26.7. The molecule has 9 amide bonds. The Kier molecular flexibility index (Phi) is 19.2. The van der Waals surface area contributed by atoms with Gasteiger partial charge in [0, 0.05) is 39.6 Å². The number of nitrogens with two attached hydrogens (primary N) is 2. The second kappa shape index (κ2) is 25.0. The van der Waals surface area contributed by atoms with E-state index >= 15 is 0 Å². The van der Waals surface area contributed by atoms with Gasteiger partial charge in [0.05, 0.1) is 19.7 Å². The van der Waals surface area contributed by atoms with E-state index in [0.717, 1.165) is 20.2 Å². The Morgan fingerprint density at radius 3 is 1.47 bits per heavy atom. The number of hydrogen-bond acceptors (Lipinski definition) is 12. The van der Waals surface area contributed by atoms with Gasteiger partial charge in [-0.05, 0) is 104 Å². The number of rotatable bonds is 24. The SMILES string of the molecule is CC(C)C[C@H](NC(=O)[C@H](CCCCNC(=O)OC(C)(C)C)NC(=O)[C@H](CC(C)C)NC(=O)[C@@H](N)CN1C(=O)c2ccc3c4c(ccc(c24)C1=O)C(=O)N(CCO[Si](c1ccccc1)(c1ccccc1)C(C)(C)C)C3=O)C(N)=O. The van der Waals surface area contributed by atoms with Crippen LogP contribution in [0.3, 0.4) is 0 Å². The number of ether oxygens (including phenoxy) is 1. The van der Waals surface area contributed by atoms with Gasteiger partial charge in [-0.2, -0.15) is 0 Å². The number of amides is 9. The van der Waals surface area contributed by atoms with Crippen LogP contribution in [-0.2, 0) is 28.3 Å². The van der Waals surface area contributed by atoms with Crippen LogP contribution in [-0.4, -0.2) is 127 Å². The molecule has 0 aromatic heterocycles. The van der Waals surface area contributed by atoms with Crippen molar-refractivity contribution in [2.75, 3.05) is 26.2 Å². The third kappa shape index (κ3) is 13.7. The minimum Gasteiger partial charge on any atom is -0.444 e. The largest absolute Gasteiger partial charge is 0.444 e. The third-order valence-corrected chi connectivity index (χ3v) is 18.8. The van der Waals surface area contributed by atoms with Crippen molar-refractivity contribution >= 4 is 82.8 Å². The van der Waals surface area contributed by atoms with Crippen LogP contribution in [0.15, 0.2) is 84.9 Å². The Morgan fingerprint density at radius 1 is 0.590 bits per heavy atom. The summed E-state index contributed by atoms with van der Waals surface area (Å²) in [5.74, 6) is -6.03. The molecular formula is C58H76N8O11Si. The molecule has 20 heteroatoms. The van der Waals surface area contributed by atoms with Gasteiger partial charge in [-0.3, -0.25) is 48.2 Å². The van der Waals surface area contributed by atoms with Crippen LogP contribution in [0.5, 0.6) is 0 Å². The topological polar surface area (TPSA) is 279 Å². The average molecular weight is 1090 g/mol. The first-order chi connectivity index (χ1) is 36.7. The molecule has 0 saturated carbocycles. The van der Waals surface area contributed by atoms with E-state index in [4.69, 9.17) is 20.6 Å². The third-order valence-electron chi connectivity index (χ3n) is 13.8. The number of alkyl carbamates (subject to hydrolysis) is 1. The van der Waals surface area contributed by atoms with Gasteiger partial charge in [-0.1, -0.05) is 109 Å². The standard InChI is InChI=1S/C58H76N8O11Si/c1-34(2)31-44(48(60)67)63-50(69)43(23-17-18-28-61-56(75)77-57(5,6)7)62-51(70)45(32-35(3)4)64-49(68)42(59)33-66-54(73)40-26-24-38-46-39(25-27-41(47(40)46)55(66)74)53(72)65(52(38)71)29-30-76-78(58(8,9)10,36-19-13-11-14-20-36)37-21-15-12-16-22-37/h11-16,19-22,24-27,34-35,42-45H,17-18,23,28-33,59H2,1-10H3,(H2,60,67)(H,61,75)(H,62,70)(H,63,69)(H,64,68)/t42-,43-,44-,45-/m0/s1. The lowest BCUT2D eigenvalue weighted by atomic mass is 9.86. The smallest absolute Gasteiger partial charge is 0.407 e. The summed E-state index contributed by atoms with van der Waals surface area (Å²) >= 11 is 0. The Hall–Kier alpha value is -7.29. The Morgan fingerprint density at radius 2 is 1.03 bits per heavy atom. The van der Waals surface area contributed by atoms with E-state index in [2.05, 4.69) is 66.3 Å². The lowest BCUT2D eigenvalue weighted by molar-refractivity contribution is -0.134. The molecule has 2 aliphatic rings. The minimum atomic E-state index is -3.02. The fourth-order valence-corrected chi connectivity index (χ4v) is 14.7. The highest BCUT2D eigenvalue weighted by Gasteiger charge is 2.50. The number of imide groups is 2. The van der Waals surface area contributed by atoms with Gasteiger partial charge in [0.25, 0.3) is 31.9 Å². The highest BCUT2D eigenvalue weighted by molar-refractivity contribution is 6.99. The fraction of sp³-hybridized carbons (Fsp3) is 0.466. The van der Waals surface area contributed by atoms with Crippen LogP contribution in [0.4, 0.5) is 4.79 Å². The number of nitrogens with zero attached hydrogens (tertiary/aromatic N) is 2. The van der Waals surface area contributed by atoms with Crippen LogP contribution < -0.4 is 43.1 Å². The second-order valence-electron chi connectivity index (χ2n) is 22.9. The molecule has 0 aliphatic carbocycles. The molecule has 6 rings (SSSR count). The number of primary amides is 1. The van der Waals surface area contributed by atoms with Crippen LogP contribution in [0.25, 0.3) is 10.8 Å². The molecule has 4 atom stereocenters. The monoisotopic (exact) mass is 1090 g/mol. The lowest BCUT2D eigenvalue weighted by Crippen LogP contribution is -2.67. The molecular weight excluding hydrogens is 1010 g/mol. The number of nitrogens with one attached hydrogen (secondary N) is 4.